The molecule has 0 spiro atoms. The van der Waals surface area contributed by atoms with Crippen LogP contribution >= 0.6 is 0 Å². The number of hydrogen-bond donors (Lipinski definition) is 1. The zero-order chi connectivity index (χ0) is 19.8. The van der Waals surface area contributed by atoms with E-state index in [1.54, 1.807) is 0 Å². The van der Waals surface area contributed by atoms with Crippen molar-refractivity contribution in [2.45, 2.75) is 76.0 Å². The number of aliphatic hydroxyl groups excluding tert-OH is 1. The predicted molar refractivity (Wildman–Crippen MR) is 114 cm³/mol. The normalized spacial score (nSPS) is 16.9. The Bertz CT molecular complexity index is 829. The average Bonchev–Trinajstić information content (AvgIpc) is 2.61. The topological polar surface area (TPSA) is 37.3 Å². The van der Waals surface area contributed by atoms with Gasteiger partial charge in [-0.3, -0.25) is 4.21 Å². The van der Waals surface area contributed by atoms with E-state index in [9.17, 15) is 9.32 Å². The van der Waals surface area contributed by atoms with Crippen LogP contribution in [-0.2, 0) is 36.5 Å². The molecule has 3 heteroatoms. The molecule has 2 aromatic rings. The summed E-state index contributed by atoms with van der Waals surface area (Å²) in [6, 6.07) is 13.2. The monoisotopic (exact) mass is 384 g/mol. The van der Waals surface area contributed by atoms with Gasteiger partial charge in [0.1, 0.15) is 0 Å². The number of rotatable bonds is 3. The standard InChI is InChI=1S/C24H32O2S/c1-16(2)22(25)21-19-12-10-17-6-8-18(9-7-17)11-13-20(15-14-19)23(21)27(26)24(3,4)5/h6-9,14-16,22,25H,10-13H2,1-5H3. The van der Waals surface area contributed by atoms with Crippen LogP contribution in [0.1, 0.15) is 68.5 Å². The predicted octanol–water partition coefficient (Wildman–Crippen LogP) is 5.17. The van der Waals surface area contributed by atoms with Gasteiger partial charge in [-0.25, -0.2) is 0 Å². The molecular formula is C24H32O2S. The summed E-state index contributed by atoms with van der Waals surface area (Å²) in [4.78, 5) is 0.885. The van der Waals surface area contributed by atoms with Crippen molar-refractivity contribution >= 4 is 10.8 Å². The molecule has 146 valence electrons. The van der Waals surface area contributed by atoms with Crippen molar-refractivity contribution in [3.05, 3.63) is 64.2 Å². The van der Waals surface area contributed by atoms with Gasteiger partial charge in [0, 0.05) is 15.2 Å². The van der Waals surface area contributed by atoms with E-state index in [4.69, 9.17) is 0 Å². The van der Waals surface area contributed by atoms with Gasteiger partial charge in [0.2, 0.25) is 0 Å². The lowest BCUT2D eigenvalue weighted by Gasteiger charge is -2.28. The average molecular weight is 385 g/mol. The first-order chi connectivity index (χ1) is 12.7. The summed E-state index contributed by atoms with van der Waals surface area (Å²) in [5.74, 6) is 0.0842. The van der Waals surface area contributed by atoms with Crippen molar-refractivity contribution in [2.24, 2.45) is 5.92 Å². The van der Waals surface area contributed by atoms with E-state index in [1.165, 1.54) is 11.1 Å². The molecule has 0 fully saturated rings. The summed E-state index contributed by atoms with van der Waals surface area (Å²) < 4.78 is 13.2. The van der Waals surface area contributed by atoms with E-state index in [2.05, 4.69) is 36.4 Å². The van der Waals surface area contributed by atoms with Crippen molar-refractivity contribution in [3.63, 3.8) is 0 Å². The Morgan fingerprint density at radius 1 is 0.852 bits per heavy atom. The number of hydrogen-bond acceptors (Lipinski definition) is 2. The van der Waals surface area contributed by atoms with Gasteiger partial charge in [0.25, 0.3) is 0 Å². The SMILES string of the molecule is CC(C)C(O)c1c2ccc(c1S(=O)C(C)(C)C)CCc1ccc(cc1)CC2. The van der Waals surface area contributed by atoms with Crippen LogP contribution in [0.25, 0.3) is 0 Å². The van der Waals surface area contributed by atoms with Crippen LogP contribution in [0.15, 0.2) is 41.3 Å². The fourth-order valence-electron chi connectivity index (χ4n) is 3.71. The molecule has 0 saturated carbocycles. The summed E-state index contributed by atoms with van der Waals surface area (Å²) in [6.07, 6.45) is 2.96. The second-order valence-corrected chi connectivity index (χ2v) is 11.2. The molecule has 2 aromatic carbocycles. The van der Waals surface area contributed by atoms with Crippen molar-refractivity contribution in [1.29, 1.82) is 0 Å². The molecular weight excluding hydrogens is 352 g/mol. The summed E-state index contributed by atoms with van der Waals surface area (Å²) in [5, 5.41) is 11.1. The van der Waals surface area contributed by atoms with Crippen molar-refractivity contribution in [2.75, 3.05) is 0 Å². The minimum absolute atomic E-state index is 0.0842. The molecule has 4 aliphatic carbocycles. The molecule has 4 aliphatic rings. The Hall–Kier alpha value is -1.45. The van der Waals surface area contributed by atoms with Crippen LogP contribution in [0.4, 0.5) is 0 Å². The Balaban J connectivity index is 2.22. The van der Waals surface area contributed by atoms with Crippen molar-refractivity contribution in [3.8, 4) is 0 Å². The molecule has 4 bridgehead atoms. The summed E-state index contributed by atoms with van der Waals surface area (Å²) in [6.45, 7) is 10.1. The number of aliphatic hydroxyl groups is 1. The second-order valence-electron chi connectivity index (χ2n) is 9.01. The van der Waals surface area contributed by atoms with Gasteiger partial charge in [-0.1, -0.05) is 50.2 Å². The van der Waals surface area contributed by atoms with Crippen molar-refractivity contribution < 1.29 is 9.32 Å². The minimum atomic E-state index is -1.18. The third kappa shape index (κ3) is 4.35. The van der Waals surface area contributed by atoms with Crippen LogP contribution in [0, 0.1) is 5.92 Å². The first-order valence-electron chi connectivity index (χ1n) is 10.0. The van der Waals surface area contributed by atoms with Gasteiger partial charge < -0.3 is 5.11 Å². The lowest BCUT2D eigenvalue weighted by Crippen LogP contribution is -2.26. The molecule has 2 atom stereocenters. The zero-order valence-electron chi connectivity index (χ0n) is 17.2. The molecule has 1 N–H and O–H groups in total. The quantitative estimate of drug-likeness (QED) is 0.793. The molecule has 27 heavy (non-hydrogen) atoms. The highest BCUT2D eigenvalue weighted by Gasteiger charge is 2.31. The van der Waals surface area contributed by atoms with E-state index in [0.717, 1.165) is 47.3 Å². The Kier molecular flexibility index (Phi) is 5.93. The summed E-state index contributed by atoms with van der Waals surface area (Å²) in [5.41, 5.74) is 5.79. The lowest BCUT2D eigenvalue weighted by molar-refractivity contribution is 0.123. The Morgan fingerprint density at radius 2 is 1.33 bits per heavy atom. The van der Waals surface area contributed by atoms with Crippen LogP contribution < -0.4 is 0 Å². The number of aryl methyl sites for hydroxylation is 4. The van der Waals surface area contributed by atoms with Gasteiger partial charge in [-0.2, -0.15) is 0 Å². The molecule has 6 rings (SSSR count). The van der Waals surface area contributed by atoms with Crippen LogP contribution in [0.2, 0.25) is 0 Å². The maximum atomic E-state index is 13.6. The van der Waals surface area contributed by atoms with Gasteiger partial charge in [0.05, 0.1) is 16.9 Å². The molecule has 2 nitrogen and oxygen atoms in total. The van der Waals surface area contributed by atoms with E-state index in [-0.39, 0.29) is 10.7 Å². The van der Waals surface area contributed by atoms with E-state index in [1.807, 2.05) is 34.6 Å². The lowest BCUT2D eigenvalue weighted by atomic mass is 9.88. The van der Waals surface area contributed by atoms with E-state index < -0.39 is 16.9 Å². The summed E-state index contributed by atoms with van der Waals surface area (Å²) in [7, 11) is -1.18. The summed E-state index contributed by atoms with van der Waals surface area (Å²) >= 11 is 0. The molecule has 0 aliphatic heterocycles. The third-order valence-electron chi connectivity index (χ3n) is 5.43. The highest BCUT2D eigenvalue weighted by molar-refractivity contribution is 7.86. The maximum Gasteiger partial charge on any atom is 0.0827 e. The maximum absolute atomic E-state index is 13.6. The molecule has 0 saturated heterocycles. The molecule has 0 aromatic heterocycles. The highest BCUT2D eigenvalue weighted by atomic mass is 32.2. The van der Waals surface area contributed by atoms with Crippen LogP contribution in [0.5, 0.6) is 0 Å². The van der Waals surface area contributed by atoms with E-state index >= 15 is 0 Å². The molecule has 0 amide bonds. The van der Waals surface area contributed by atoms with Gasteiger partial charge in [-0.05, 0) is 74.6 Å². The van der Waals surface area contributed by atoms with Crippen molar-refractivity contribution in [1.82, 2.24) is 0 Å². The van der Waals surface area contributed by atoms with E-state index in [0.29, 0.717) is 0 Å². The second kappa shape index (κ2) is 7.89. The molecule has 0 radical (unpaired) electrons. The van der Waals surface area contributed by atoms with Crippen LogP contribution in [-0.4, -0.2) is 14.1 Å². The molecule has 0 heterocycles. The minimum Gasteiger partial charge on any atom is -0.388 e. The Labute approximate surface area is 166 Å². The largest absolute Gasteiger partial charge is 0.388 e. The van der Waals surface area contributed by atoms with Crippen LogP contribution in [0.3, 0.4) is 0 Å². The van der Waals surface area contributed by atoms with Gasteiger partial charge in [0.15, 0.2) is 0 Å². The fraction of sp³-hybridized carbons (Fsp3) is 0.500. The zero-order valence-corrected chi connectivity index (χ0v) is 18.0. The molecule has 2 unspecified atom stereocenters. The first kappa shape index (κ1) is 20.3. The Morgan fingerprint density at radius 3 is 1.81 bits per heavy atom. The third-order valence-corrected chi connectivity index (χ3v) is 7.39. The van der Waals surface area contributed by atoms with Gasteiger partial charge in [-0.15, -0.1) is 0 Å². The smallest absolute Gasteiger partial charge is 0.0827 e. The highest BCUT2D eigenvalue weighted by Crippen LogP contribution is 2.37. The van der Waals surface area contributed by atoms with Gasteiger partial charge >= 0.3 is 0 Å². The fourth-order valence-corrected chi connectivity index (χ4v) is 5.19. The number of benzene rings is 2. The first-order valence-corrected chi connectivity index (χ1v) is 11.2.